The van der Waals surface area contributed by atoms with E-state index in [2.05, 4.69) is 20.7 Å². The van der Waals surface area contributed by atoms with Gasteiger partial charge in [0.25, 0.3) is 11.8 Å². The van der Waals surface area contributed by atoms with Gasteiger partial charge in [0.15, 0.2) is 0 Å². The van der Waals surface area contributed by atoms with E-state index >= 15 is 0 Å². The second-order valence-electron chi connectivity index (χ2n) is 11.9. The molecule has 5 rings (SSSR count). The monoisotopic (exact) mass is 722 g/mol. The van der Waals surface area contributed by atoms with E-state index in [0.29, 0.717) is 52.3 Å². The molecule has 262 valence electrons. The lowest BCUT2D eigenvalue weighted by Crippen LogP contribution is -2.55. The van der Waals surface area contributed by atoms with Crippen LogP contribution < -0.4 is 10.2 Å². The van der Waals surface area contributed by atoms with E-state index in [1.165, 1.54) is 0 Å². The maximum atomic E-state index is 14.2. The zero-order chi connectivity index (χ0) is 35.5. The van der Waals surface area contributed by atoms with Crippen molar-refractivity contribution in [2.75, 3.05) is 19.8 Å². The van der Waals surface area contributed by atoms with Crippen molar-refractivity contribution in [2.24, 2.45) is 10.3 Å². The fourth-order valence-electron chi connectivity index (χ4n) is 6.51. The van der Waals surface area contributed by atoms with Gasteiger partial charge in [-0.05, 0) is 71.8 Å². The average molecular weight is 724 g/mol. The number of fused-ring (bicyclic) bond motifs is 1. The first-order valence-electron chi connectivity index (χ1n) is 16.3. The van der Waals surface area contributed by atoms with Gasteiger partial charge >= 0.3 is 5.97 Å². The van der Waals surface area contributed by atoms with Crippen molar-refractivity contribution in [1.29, 1.82) is 0 Å². The van der Waals surface area contributed by atoms with Crippen LogP contribution >= 0.6 is 23.2 Å². The van der Waals surface area contributed by atoms with E-state index < -0.39 is 35.9 Å². The number of rotatable bonds is 15. The largest absolute Gasteiger partial charge is 0.494 e. The number of azide groups is 1. The molecule has 13 nitrogen and oxygen atoms in total. The summed E-state index contributed by atoms with van der Waals surface area (Å²) in [5.41, 5.74) is 13.0. The molecule has 0 spiro atoms. The summed E-state index contributed by atoms with van der Waals surface area (Å²) >= 11 is 13.0. The second-order valence-corrected chi connectivity index (χ2v) is 12.8. The highest BCUT2D eigenvalue weighted by molar-refractivity contribution is 6.35. The first-order chi connectivity index (χ1) is 24.3. The molecule has 1 heterocycles. The number of amides is 2. The number of hydrogen-bond donors (Lipinski definition) is 1. The number of nitrogens with zero attached hydrogens (tertiary/aromatic N) is 5. The topological polar surface area (TPSA) is 172 Å². The highest BCUT2D eigenvalue weighted by atomic mass is 35.5. The molecule has 2 aliphatic rings. The van der Waals surface area contributed by atoms with Gasteiger partial charge in [-0.2, -0.15) is 4.91 Å². The molecule has 1 fully saturated rings. The average Bonchev–Trinajstić information content (AvgIpc) is 3.12. The third kappa shape index (κ3) is 8.91. The van der Waals surface area contributed by atoms with Crippen LogP contribution in [0.25, 0.3) is 10.4 Å². The van der Waals surface area contributed by atoms with Crippen molar-refractivity contribution in [2.45, 2.75) is 69.2 Å². The zero-order valence-electron chi connectivity index (χ0n) is 27.1. The maximum Gasteiger partial charge on any atom is 0.305 e. The Morgan fingerprint density at radius 3 is 2.62 bits per heavy atom. The minimum Gasteiger partial charge on any atom is -0.494 e. The molecule has 0 bridgehead atoms. The third-order valence-electron chi connectivity index (χ3n) is 8.75. The standard InChI is InChI=1S/C35H36Cl2N6O7/c36-23-14-15-27(28(37)20-23)33-32(25-9-1-2-10-26(25)35(46)43(33)30-12-4-3-11-29(30)40-47)34(45)41-50-21-22-7-5-8-24(19-22)48-17-6-13-31(44)49-18-16-39-42-38/h1-2,5,7-10,14-15,19-20,29-30,32-33H,3-4,6,11-13,16-18,21H2,(H,41,45)/t29-,30-,32+,33-/m0/s1. The molecule has 0 radical (unpaired) electrons. The number of hydrogen-bond acceptors (Lipinski definition) is 9. The number of benzene rings is 3. The predicted octanol–water partition coefficient (Wildman–Crippen LogP) is 7.61. The molecule has 2 amide bonds. The van der Waals surface area contributed by atoms with Gasteiger partial charge in [-0.3, -0.25) is 19.2 Å². The Kier molecular flexibility index (Phi) is 13.0. The Hall–Kier alpha value is -4.68. The Morgan fingerprint density at radius 2 is 1.82 bits per heavy atom. The maximum absolute atomic E-state index is 14.2. The Morgan fingerprint density at radius 1 is 1.00 bits per heavy atom. The lowest BCUT2D eigenvalue weighted by Gasteiger charge is -2.47. The van der Waals surface area contributed by atoms with Crippen molar-refractivity contribution >= 4 is 41.0 Å². The first-order valence-corrected chi connectivity index (χ1v) is 17.1. The number of carbonyl (C=O) groups excluding carboxylic acids is 3. The van der Waals surface area contributed by atoms with E-state index in [4.69, 9.17) is 43.0 Å². The van der Waals surface area contributed by atoms with E-state index in [9.17, 15) is 19.3 Å². The Labute approximate surface area is 298 Å². The van der Waals surface area contributed by atoms with Gasteiger partial charge in [0.1, 0.15) is 11.8 Å². The van der Waals surface area contributed by atoms with Crippen LogP contribution in [0.5, 0.6) is 5.75 Å². The van der Waals surface area contributed by atoms with Crippen LogP contribution in [0.15, 0.2) is 77.0 Å². The summed E-state index contributed by atoms with van der Waals surface area (Å²) in [6, 6.07) is 16.9. The summed E-state index contributed by atoms with van der Waals surface area (Å²) in [4.78, 5) is 62.2. The van der Waals surface area contributed by atoms with Crippen molar-refractivity contribution in [1.82, 2.24) is 10.4 Å². The van der Waals surface area contributed by atoms with E-state index in [-0.39, 0.29) is 43.7 Å². The van der Waals surface area contributed by atoms with Crippen LogP contribution in [0, 0.1) is 4.91 Å². The van der Waals surface area contributed by atoms with Gasteiger partial charge in [-0.25, -0.2) is 5.48 Å². The zero-order valence-corrected chi connectivity index (χ0v) is 28.6. The van der Waals surface area contributed by atoms with Crippen molar-refractivity contribution < 1.29 is 28.7 Å². The molecular weight excluding hydrogens is 687 g/mol. The van der Waals surface area contributed by atoms with Gasteiger partial charge in [-0.15, -0.1) is 0 Å². The minimum atomic E-state index is -0.947. The predicted molar refractivity (Wildman–Crippen MR) is 185 cm³/mol. The van der Waals surface area contributed by atoms with Crippen molar-refractivity contribution in [3.05, 3.63) is 114 Å². The van der Waals surface area contributed by atoms with Crippen LogP contribution in [0.4, 0.5) is 0 Å². The fraction of sp³-hybridized carbons (Fsp3) is 0.400. The molecule has 3 aromatic rings. The molecule has 0 saturated heterocycles. The van der Waals surface area contributed by atoms with Crippen LogP contribution in [0.2, 0.25) is 10.0 Å². The Bertz CT molecular complexity index is 1750. The molecule has 0 unspecified atom stereocenters. The van der Waals surface area contributed by atoms with Gasteiger partial charge in [0.05, 0.1) is 44.4 Å². The van der Waals surface area contributed by atoms with Gasteiger partial charge in [0, 0.05) is 26.9 Å². The third-order valence-corrected chi connectivity index (χ3v) is 9.31. The number of nitroso groups, excluding NO2 is 1. The second kappa shape index (κ2) is 17.8. The summed E-state index contributed by atoms with van der Waals surface area (Å²) in [7, 11) is 0. The lowest BCUT2D eigenvalue weighted by atomic mass is 9.76. The number of hydroxylamine groups is 1. The SMILES string of the molecule is [N-]=[N+]=NCCOC(=O)CCCOc1cccc(CONC(=O)[C@@H]2c3ccccc3C(=O)N([C@H]3CCCC[C@@H]3N=O)[C@H]2c2ccc(Cl)cc2Cl)c1. The first kappa shape index (κ1) is 36.6. The van der Waals surface area contributed by atoms with Gasteiger partial charge < -0.3 is 14.4 Å². The lowest BCUT2D eigenvalue weighted by molar-refractivity contribution is -0.143. The van der Waals surface area contributed by atoms with Crippen LogP contribution in [0.3, 0.4) is 0 Å². The number of esters is 1. The highest BCUT2D eigenvalue weighted by Crippen LogP contribution is 2.48. The van der Waals surface area contributed by atoms with E-state index in [1.807, 2.05) is 6.07 Å². The van der Waals surface area contributed by atoms with Gasteiger partial charge in [-0.1, -0.05) is 82.7 Å². The highest BCUT2D eigenvalue weighted by Gasteiger charge is 2.49. The molecule has 3 aromatic carbocycles. The van der Waals surface area contributed by atoms with Gasteiger partial charge in [0.2, 0.25) is 0 Å². The molecule has 50 heavy (non-hydrogen) atoms. The smallest absolute Gasteiger partial charge is 0.305 e. The molecule has 1 aliphatic heterocycles. The summed E-state index contributed by atoms with van der Waals surface area (Å²) in [6.45, 7) is 0.375. The van der Waals surface area contributed by atoms with Crippen LogP contribution in [-0.4, -0.2) is 54.5 Å². The van der Waals surface area contributed by atoms with Crippen LogP contribution in [0.1, 0.15) is 77.5 Å². The Balaban J connectivity index is 1.30. The molecule has 1 aliphatic carbocycles. The van der Waals surface area contributed by atoms with E-state index in [1.54, 1.807) is 65.6 Å². The quantitative estimate of drug-likeness (QED) is 0.0320. The van der Waals surface area contributed by atoms with Crippen LogP contribution in [-0.2, 0) is 25.8 Å². The molecule has 1 N–H and O–H groups in total. The summed E-state index contributed by atoms with van der Waals surface area (Å²) in [6.07, 6.45) is 3.28. The molecule has 15 heteroatoms. The fourth-order valence-corrected chi connectivity index (χ4v) is 7.03. The number of nitrogens with one attached hydrogen (secondary N) is 1. The minimum absolute atomic E-state index is 0.00356. The number of ether oxygens (including phenoxy) is 2. The number of carbonyl (C=O) groups is 3. The van der Waals surface area contributed by atoms with Crippen molar-refractivity contribution in [3.8, 4) is 5.75 Å². The summed E-state index contributed by atoms with van der Waals surface area (Å²) in [5.74, 6) is -1.62. The summed E-state index contributed by atoms with van der Waals surface area (Å²) < 4.78 is 10.8. The normalized spacial score (nSPS) is 19.9. The molecule has 4 atom stereocenters. The van der Waals surface area contributed by atoms with E-state index in [0.717, 1.165) is 12.8 Å². The summed E-state index contributed by atoms with van der Waals surface area (Å²) in [5, 5.41) is 7.39. The van der Waals surface area contributed by atoms with Crippen molar-refractivity contribution in [3.63, 3.8) is 0 Å². The molecule has 1 saturated carbocycles. The number of halogens is 2. The molecular formula is C35H36Cl2N6O7. The molecule has 0 aromatic heterocycles.